The molecule has 2 aromatic carbocycles. The summed E-state index contributed by atoms with van der Waals surface area (Å²) in [5, 5.41) is 5.73. The van der Waals surface area contributed by atoms with Crippen LogP contribution in [0, 0.1) is 0 Å². The van der Waals surface area contributed by atoms with Gasteiger partial charge in [-0.2, -0.15) is 13.2 Å². The van der Waals surface area contributed by atoms with Crippen molar-refractivity contribution >= 4 is 11.6 Å². The van der Waals surface area contributed by atoms with Crippen molar-refractivity contribution in [2.45, 2.75) is 12.2 Å². The maximum absolute atomic E-state index is 12.8. The summed E-state index contributed by atoms with van der Waals surface area (Å²) in [6.07, 6.45) is -4.45. The number of hydrogen-bond acceptors (Lipinski definition) is 3. The molecule has 4 nitrogen and oxygen atoms in total. The maximum atomic E-state index is 12.8. The van der Waals surface area contributed by atoms with Crippen LogP contribution in [0.3, 0.4) is 0 Å². The number of likely N-dealkylation sites (N-methyl/N-ethyl adjacent to an activating group) is 1. The molecule has 0 aliphatic rings. The van der Waals surface area contributed by atoms with Crippen molar-refractivity contribution in [3.05, 3.63) is 65.7 Å². The van der Waals surface area contributed by atoms with E-state index in [1.54, 1.807) is 12.1 Å². The predicted octanol–water partition coefficient (Wildman–Crippen LogP) is 3.54. The number of anilines is 1. The van der Waals surface area contributed by atoms with Gasteiger partial charge < -0.3 is 15.5 Å². The van der Waals surface area contributed by atoms with Gasteiger partial charge in [0, 0.05) is 18.8 Å². The van der Waals surface area contributed by atoms with Crippen LogP contribution in [0.15, 0.2) is 54.6 Å². The van der Waals surface area contributed by atoms with E-state index in [0.717, 1.165) is 24.2 Å². The Morgan fingerprint density at radius 3 is 2.38 bits per heavy atom. The molecule has 0 saturated carbocycles. The molecule has 140 valence electrons. The Kier molecular flexibility index (Phi) is 6.76. The third kappa shape index (κ3) is 5.86. The van der Waals surface area contributed by atoms with Gasteiger partial charge in [-0.1, -0.05) is 36.4 Å². The van der Waals surface area contributed by atoms with Gasteiger partial charge in [0.15, 0.2) is 0 Å². The highest BCUT2D eigenvalue weighted by atomic mass is 19.4. The first-order chi connectivity index (χ1) is 12.3. The first-order valence-corrected chi connectivity index (χ1v) is 8.18. The van der Waals surface area contributed by atoms with Gasteiger partial charge >= 0.3 is 6.18 Å². The third-order valence-corrected chi connectivity index (χ3v) is 3.76. The lowest BCUT2D eigenvalue weighted by molar-refractivity contribution is -0.137. The summed E-state index contributed by atoms with van der Waals surface area (Å²) >= 11 is 0. The predicted molar refractivity (Wildman–Crippen MR) is 95.8 cm³/mol. The van der Waals surface area contributed by atoms with Gasteiger partial charge in [0.1, 0.15) is 6.04 Å². The Labute approximate surface area is 151 Å². The highest BCUT2D eigenvalue weighted by Gasteiger charge is 2.30. The number of rotatable bonds is 7. The van der Waals surface area contributed by atoms with Gasteiger partial charge in [-0.25, -0.2) is 0 Å². The second kappa shape index (κ2) is 8.82. The summed E-state index contributed by atoms with van der Waals surface area (Å²) in [7, 11) is 3.84. The molecule has 0 heterocycles. The zero-order chi connectivity index (χ0) is 19.2. The molecule has 0 bridgehead atoms. The number of nitrogens with zero attached hydrogens (tertiary/aromatic N) is 1. The number of nitrogens with one attached hydrogen (secondary N) is 2. The SMILES string of the molecule is CN(C)CCN[C@@H](C(=O)Nc1cccc(C(F)(F)F)c1)c1ccccc1. The molecule has 1 amide bonds. The Morgan fingerprint density at radius 1 is 1.08 bits per heavy atom. The smallest absolute Gasteiger partial charge is 0.324 e. The van der Waals surface area contributed by atoms with Gasteiger partial charge in [0.05, 0.1) is 5.56 Å². The van der Waals surface area contributed by atoms with E-state index in [9.17, 15) is 18.0 Å². The monoisotopic (exact) mass is 365 g/mol. The first-order valence-electron chi connectivity index (χ1n) is 8.18. The molecule has 26 heavy (non-hydrogen) atoms. The van der Waals surface area contributed by atoms with E-state index < -0.39 is 23.7 Å². The number of halogens is 3. The number of carbonyl (C=O) groups excluding carboxylic acids is 1. The first kappa shape index (κ1) is 19.9. The van der Waals surface area contributed by atoms with Crippen LogP contribution in [-0.2, 0) is 11.0 Å². The van der Waals surface area contributed by atoms with Gasteiger partial charge in [-0.3, -0.25) is 4.79 Å². The van der Waals surface area contributed by atoms with Crippen LogP contribution < -0.4 is 10.6 Å². The van der Waals surface area contributed by atoms with Crippen LogP contribution in [-0.4, -0.2) is 38.0 Å². The highest BCUT2D eigenvalue weighted by molar-refractivity contribution is 5.95. The topological polar surface area (TPSA) is 44.4 Å². The molecule has 2 N–H and O–H groups in total. The minimum absolute atomic E-state index is 0.111. The fraction of sp³-hybridized carbons (Fsp3) is 0.316. The molecule has 0 aromatic heterocycles. The minimum Gasteiger partial charge on any atom is -0.324 e. The molecule has 0 aliphatic heterocycles. The van der Waals surface area contributed by atoms with Crippen LogP contribution in [0.5, 0.6) is 0 Å². The normalized spacial score (nSPS) is 12.8. The van der Waals surface area contributed by atoms with Crippen molar-refractivity contribution in [3.63, 3.8) is 0 Å². The molecule has 1 atom stereocenters. The van der Waals surface area contributed by atoms with E-state index in [1.807, 2.05) is 37.2 Å². The lowest BCUT2D eigenvalue weighted by Gasteiger charge is -2.20. The molecule has 0 radical (unpaired) electrons. The van der Waals surface area contributed by atoms with Crippen LogP contribution in [0.2, 0.25) is 0 Å². The van der Waals surface area contributed by atoms with Crippen LogP contribution in [0.25, 0.3) is 0 Å². The Balaban J connectivity index is 2.16. The molecule has 2 rings (SSSR count). The van der Waals surface area contributed by atoms with Crippen LogP contribution in [0.4, 0.5) is 18.9 Å². The lowest BCUT2D eigenvalue weighted by atomic mass is 10.1. The minimum atomic E-state index is -4.45. The molecule has 0 unspecified atom stereocenters. The quantitative estimate of drug-likeness (QED) is 0.789. The average Bonchev–Trinajstić information content (AvgIpc) is 2.58. The van der Waals surface area contributed by atoms with Gasteiger partial charge in [0.25, 0.3) is 0 Å². The standard InChI is InChI=1S/C19H22F3N3O/c1-25(2)12-11-23-17(14-7-4-3-5-8-14)18(26)24-16-10-6-9-15(13-16)19(20,21)22/h3-10,13,17,23H,11-12H2,1-2H3,(H,24,26)/t17-/m1/s1. The van der Waals surface area contributed by atoms with Crippen molar-refractivity contribution in [1.82, 2.24) is 10.2 Å². The third-order valence-electron chi connectivity index (χ3n) is 3.76. The van der Waals surface area contributed by atoms with Crippen molar-refractivity contribution in [1.29, 1.82) is 0 Å². The fourth-order valence-corrected chi connectivity index (χ4v) is 2.43. The summed E-state index contributed by atoms with van der Waals surface area (Å²) < 4.78 is 38.5. The van der Waals surface area contributed by atoms with Crippen molar-refractivity contribution in [3.8, 4) is 0 Å². The van der Waals surface area contributed by atoms with E-state index in [0.29, 0.717) is 6.54 Å². The molecule has 0 fully saturated rings. The van der Waals surface area contributed by atoms with E-state index in [2.05, 4.69) is 10.6 Å². The van der Waals surface area contributed by atoms with E-state index in [4.69, 9.17) is 0 Å². The summed E-state index contributed by atoms with van der Waals surface area (Å²) in [4.78, 5) is 14.7. The Hall–Kier alpha value is -2.38. The molecular formula is C19H22F3N3O. The maximum Gasteiger partial charge on any atom is 0.416 e. The van der Waals surface area contributed by atoms with Crippen molar-refractivity contribution in [2.75, 3.05) is 32.5 Å². The second-order valence-corrected chi connectivity index (χ2v) is 6.17. The number of carbonyl (C=O) groups is 1. The van der Waals surface area contributed by atoms with Gasteiger partial charge in [0.2, 0.25) is 5.91 Å². The van der Waals surface area contributed by atoms with E-state index in [1.165, 1.54) is 12.1 Å². The number of amides is 1. The number of alkyl halides is 3. The summed E-state index contributed by atoms with van der Waals surface area (Å²) in [6.45, 7) is 1.28. The lowest BCUT2D eigenvalue weighted by Crippen LogP contribution is -2.36. The van der Waals surface area contributed by atoms with Crippen molar-refractivity contribution in [2.24, 2.45) is 0 Å². The van der Waals surface area contributed by atoms with Gasteiger partial charge in [-0.15, -0.1) is 0 Å². The number of benzene rings is 2. The van der Waals surface area contributed by atoms with E-state index in [-0.39, 0.29) is 5.69 Å². The zero-order valence-corrected chi connectivity index (χ0v) is 14.7. The Bertz CT molecular complexity index is 717. The zero-order valence-electron chi connectivity index (χ0n) is 14.7. The molecule has 0 spiro atoms. The Morgan fingerprint density at radius 2 is 1.77 bits per heavy atom. The second-order valence-electron chi connectivity index (χ2n) is 6.17. The summed E-state index contributed by atoms with van der Waals surface area (Å²) in [6, 6.07) is 13.0. The molecule has 7 heteroatoms. The van der Waals surface area contributed by atoms with Crippen LogP contribution >= 0.6 is 0 Å². The number of hydrogen-bond donors (Lipinski definition) is 2. The molecule has 0 saturated heterocycles. The van der Waals surface area contributed by atoms with E-state index >= 15 is 0 Å². The molecule has 2 aromatic rings. The molecule has 0 aliphatic carbocycles. The fourth-order valence-electron chi connectivity index (χ4n) is 2.43. The summed E-state index contributed by atoms with van der Waals surface area (Å²) in [5.74, 6) is -0.408. The van der Waals surface area contributed by atoms with Gasteiger partial charge in [-0.05, 0) is 37.9 Å². The molecular weight excluding hydrogens is 343 g/mol. The summed E-state index contributed by atoms with van der Waals surface area (Å²) in [5.41, 5.74) is 0.0584. The highest BCUT2D eigenvalue weighted by Crippen LogP contribution is 2.30. The largest absolute Gasteiger partial charge is 0.416 e. The van der Waals surface area contributed by atoms with Crippen molar-refractivity contribution < 1.29 is 18.0 Å². The average molecular weight is 365 g/mol. The van der Waals surface area contributed by atoms with Crippen LogP contribution in [0.1, 0.15) is 17.2 Å².